The average molecular weight is 269 g/mol. The van der Waals surface area contributed by atoms with Crippen LogP contribution in [-0.4, -0.2) is 17.7 Å². The van der Waals surface area contributed by atoms with Crippen LogP contribution in [0.4, 0.5) is 0 Å². The van der Waals surface area contributed by atoms with Crippen molar-refractivity contribution < 1.29 is 9.53 Å². The molecule has 0 N–H and O–H groups in total. The van der Waals surface area contributed by atoms with Crippen molar-refractivity contribution in [2.75, 3.05) is 11.9 Å². The van der Waals surface area contributed by atoms with E-state index in [4.69, 9.17) is 4.74 Å². The molecule has 0 spiro atoms. The monoisotopic (exact) mass is 268 g/mol. The third kappa shape index (κ3) is 3.88. The van der Waals surface area contributed by atoms with E-state index in [1.54, 1.807) is 12.1 Å². The van der Waals surface area contributed by atoms with Crippen molar-refractivity contribution >= 4 is 21.7 Å². The Morgan fingerprint density at radius 2 is 2.13 bits per heavy atom. The molecule has 1 aromatic rings. The molecule has 0 saturated carbocycles. The molecule has 3 heteroatoms. The van der Waals surface area contributed by atoms with Crippen LogP contribution in [0.3, 0.4) is 0 Å². The number of halogens is 1. The lowest BCUT2D eigenvalue weighted by Crippen LogP contribution is -2.00. The second-order valence-corrected chi connectivity index (χ2v) is 3.64. The average Bonchev–Trinajstić information content (AvgIpc) is 2.25. The minimum absolute atomic E-state index is 0.0232. The normalized spacial score (nSPS) is 10.5. The Bertz CT molecular complexity index is 358. The van der Waals surface area contributed by atoms with Crippen LogP contribution >= 0.6 is 15.9 Å². The molecule has 0 aliphatic carbocycles. The van der Waals surface area contributed by atoms with Gasteiger partial charge in [0.05, 0.1) is 5.56 Å². The van der Waals surface area contributed by atoms with E-state index in [0.29, 0.717) is 17.9 Å². The van der Waals surface area contributed by atoms with Gasteiger partial charge in [0.25, 0.3) is 0 Å². The van der Waals surface area contributed by atoms with E-state index in [0.717, 1.165) is 5.33 Å². The number of allylic oxidation sites excluding steroid dienone is 1. The van der Waals surface area contributed by atoms with Crippen LogP contribution in [0.25, 0.3) is 0 Å². The van der Waals surface area contributed by atoms with Crippen LogP contribution < -0.4 is 4.74 Å². The molecule has 80 valence electrons. The summed E-state index contributed by atoms with van der Waals surface area (Å²) in [4.78, 5) is 11.2. The van der Waals surface area contributed by atoms with Gasteiger partial charge in [0, 0.05) is 5.33 Å². The van der Waals surface area contributed by atoms with Gasteiger partial charge in [-0.05, 0) is 19.1 Å². The molecule has 0 fully saturated rings. The van der Waals surface area contributed by atoms with Crippen molar-refractivity contribution in [3.05, 3.63) is 42.0 Å². The van der Waals surface area contributed by atoms with E-state index in [1.165, 1.54) is 6.92 Å². The molecule has 1 rings (SSSR count). The minimum atomic E-state index is 0.0232. The van der Waals surface area contributed by atoms with E-state index < -0.39 is 0 Å². The van der Waals surface area contributed by atoms with Gasteiger partial charge in [0.2, 0.25) is 0 Å². The van der Waals surface area contributed by atoms with Gasteiger partial charge < -0.3 is 4.74 Å². The van der Waals surface area contributed by atoms with Crippen LogP contribution in [-0.2, 0) is 0 Å². The molecule has 2 nitrogen and oxygen atoms in total. The predicted octanol–water partition coefficient (Wildman–Crippen LogP) is 3.22. The number of ether oxygens (including phenoxy) is 1. The zero-order chi connectivity index (χ0) is 11.1. The summed E-state index contributed by atoms with van der Waals surface area (Å²) in [6, 6.07) is 7.26. The van der Waals surface area contributed by atoms with Gasteiger partial charge in [0.15, 0.2) is 5.78 Å². The van der Waals surface area contributed by atoms with Gasteiger partial charge in [-0.2, -0.15) is 0 Å². The van der Waals surface area contributed by atoms with E-state index in [1.807, 2.05) is 24.3 Å². The summed E-state index contributed by atoms with van der Waals surface area (Å²) in [5.41, 5.74) is 0.629. The molecule has 15 heavy (non-hydrogen) atoms. The topological polar surface area (TPSA) is 26.3 Å². The number of para-hydroxylation sites is 1. The lowest BCUT2D eigenvalue weighted by molar-refractivity contribution is 0.101. The zero-order valence-corrected chi connectivity index (χ0v) is 10.2. The first kappa shape index (κ1) is 12.0. The van der Waals surface area contributed by atoms with E-state index in [9.17, 15) is 4.79 Å². The molecule has 0 aliphatic rings. The van der Waals surface area contributed by atoms with Crippen molar-refractivity contribution in [1.29, 1.82) is 0 Å². The number of carbonyl (C=O) groups is 1. The fraction of sp³-hybridized carbons (Fsp3) is 0.250. The lowest BCUT2D eigenvalue weighted by atomic mass is 10.1. The van der Waals surface area contributed by atoms with Gasteiger partial charge in [-0.15, -0.1) is 0 Å². The maximum atomic E-state index is 11.2. The molecule has 0 bridgehead atoms. The highest BCUT2D eigenvalue weighted by Crippen LogP contribution is 2.18. The van der Waals surface area contributed by atoms with Crippen molar-refractivity contribution in [2.45, 2.75) is 6.92 Å². The smallest absolute Gasteiger partial charge is 0.163 e. The summed E-state index contributed by atoms with van der Waals surface area (Å²) >= 11 is 3.28. The number of hydrogen-bond donors (Lipinski definition) is 0. The SMILES string of the molecule is CC(=O)c1ccccc1OC/C=C/CBr. The van der Waals surface area contributed by atoms with E-state index >= 15 is 0 Å². The third-order valence-electron chi connectivity index (χ3n) is 1.86. The zero-order valence-electron chi connectivity index (χ0n) is 8.57. The molecule has 1 aromatic carbocycles. The van der Waals surface area contributed by atoms with Crippen LogP contribution in [0.5, 0.6) is 5.75 Å². The van der Waals surface area contributed by atoms with Crippen molar-refractivity contribution in [2.24, 2.45) is 0 Å². The third-order valence-corrected chi connectivity index (χ3v) is 2.23. The Balaban J connectivity index is 2.67. The quantitative estimate of drug-likeness (QED) is 0.466. The fourth-order valence-corrected chi connectivity index (χ4v) is 1.42. The summed E-state index contributed by atoms with van der Waals surface area (Å²) in [6.07, 6.45) is 3.86. The highest BCUT2D eigenvalue weighted by Gasteiger charge is 2.05. The summed E-state index contributed by atoms with van der Waals surface area (Å²) in [5, 5.41) is 0.810. The standard InChI is InChI=1S/C12H13BrO2/c1-10(14)11-6-2-3-7-12(11)15-9-5-4-8-13/h2-7H,8-9H2,1H3/b5-4+. The number of Topliss-reactive ketones (excluding diaryl/α,β-unsaturated/α-hetero) is 1. The number of ketones is 1. The molecule has 0 atom stereocenters. The Morgan fingerprint density at radius 3 is 2.80 bits per heavy atom. The molecule has 0 aromatic heterocycles. The molecule has 0 radical (unpaired) electrons. The van der Waals surface area contributed by atoms with Crippen molar-refractivity contribution in [3.8, 4) is 5.75 Å². The molecule has 0 heterocycles. The first-order valence-electron chi connectivity index (χ1n) is 4.69. The second-order valence-electron chi connectivity index (χ2n) is 2.99. The number of carbonyl (C=O) groups excluding carboxylic acids is 1. The summed E-state index contributed by atoms with van der Waals surface area (Å²) < 4.78 is 5.47. The van der Waals surface area contributed by atoms with Crippen LogP contribution in [0.2, 0.25) is 0 Å². The van der Waals surface area contributed by atoms with Crippen LogP contribution in [0, 0.1) is 0 Å². The van der Waals surface area contributed by atoms with Crippen molar-refractivity contribution in [3.63, 3.8) is 0 Å². The molecule has 0 aliphatic heterocycles. The Hall–Kier alpha value is -1.09. The van der Waals surface area contributed by atoms with Gasteiger partial charge >= 0.3 is 0 Å². The first-order chi connectivity index (χ1) is 7.25. The van der Waals surface area contributed by atoms with E-state index in [-0.39, 0.29) is 5.78 Å². The number of benzene rings is 1. The van der Waals surface area contributed by atoms with E-state index in [2.05, 4.69) is 15.9 Å². The molecular formula is C12H13BrO2. The number of alkyl halides is 1. The molecular weight excluding hydrogens is 256 g/mol. The minimum Gasteiger partial charge on any atom is -0.489 e. The Kier molecular flexibility index (Phi) is 5.12. The van der Waals surface area contributed by atoms with Crippen LogP contribution in [0.1, 0.15) is 17.3 Å². The first-order valence-corrected chi connectivity index (χ1v) is 5.81. The molecule has 0 saturated heterocycles. The summed E-state index contributed by atoms with van der Waals surface area (Å²) in [6.45, 7) is 2.02. The van der Waals surface area contributed by atoms with Gasteiger partial charge in [-0.1, -0.05) is 40.2 Å². The molecule has 0 unspecified atom stereocenters. The number of rotatable bonds is 5. The van der Waals surface area contributed by atoms with Gasteiger partial charge in [-0.25, -0.2) is 0 Å². The lowest BCUT2D eigenvalue weighted by Gasteiger charge is -2.06. The molecule has 0 amide bonds. The Labute approximate surface area is 98.1 Å². The predicted molar refractivity (Wildman–Crippen MR) is 64.9 cm³/mol. The van der Waals surface area contributed by atoms with Gasteiger partial charge in [0.1, 0.15) is 12.4 Å². The largest absolute Gasteiger partial charge is 0.489 e. The Morgan fingerprint density at radius 1 is 1.40 bits per heavy atom. The maximum Gasteiger partial charge on any atom is 0.163 e. The van der Waals surface area contributed by atoms with Crippen LogP contribution in [0.15, 0.2) is 36.4 Å². The summed E-state index contributed by atoms with van der Waals surface area (Å²) in [5.74, 6) is 0.666. The summed E-state index contributed by atoms with van der Waals surface area (Å²) in [7, 11) is 0. The van der Waals surface area contributed by atoms with Gasteiger partial charge in [-0.3, -0.25) is 4.79 Å². The maximum absolute atomic E-state index is 11.2. The second kappa shape index (κ2) is 6.40. The highest BCUT2D eigenvalue weighted by atomic mass is 79.9. The van der Waals surface area contributed by atoms with Crippen molar-refractivity contribution in [1.82, 2.24) is 0 Å². The fourth-order valence-electron chi connectivity index (χ4n) is 1.15. The highest BCUT2D eigenvalue weighted by molar-refractivity contribution is 9.09. The number of hydrogen-bond acceptors (Lipinski definition) is 2.